The molecule has 0 aliphatic heterocycles. The zero-order valence-electron chi connectivity index (χ0n) is 24.4. The molecule has 39 heavy (non-hydrogen) atoms. The van der Waals surface area contributed by atoms with E-state index in [9.17, 15) is 14.4 Å². The molecule has 3 rings (SSSR count). The Morgan fingerprint density at radius 3 is 2.44 bits per heavy atom. The van der Waals surface area contributed by atoms with E-state index < -0.39 is 23.8 Å². The molecule has 5 N–H and O–H groups in total. The quantitative estimate of drug-likeness (QED) is 0.338. The summed E-state index contributed by atoms with van der Waals surface area (Å²) in [6, 6.07) is 2.02. The fourth-order valence-corrected chi connectivity index (χ4v) is 6.15. The number of pyridine rings is 1. The lowest BCUT2D eigenvalue weighted by atomic mass is 9.64. The molecular weight excluding hydrogens is 494 g/mol. The molecule has 2 saturated carbocycles. The van der Waals surface area contributed by atoms with Gasteiger partial charge in [0.1, 0.15) is 23.5 Å². The third-order valence-corrected chi connectivity index (χ3v) is 8.38. The Labute approximate surface area is 233 Å². The van der Waals surface area contributed by atoms with Gasteiger partial charge in [-0.05, 0) is 68.9 Å². The largest absolute Gasteiger partial charge is 0.444 e. The lowest BCUT2D eigenvalue weighted by Crippen LogP contribution is -2.56. The predicted octanol–water partition coefficient (Wildman–Crippen LogP) is 4.70. The van der Waals surface area contributed by atoms with E-state index in [1.807, 2.05) is 19.9 Å². The number of nitrogens with two attached hydrogens (primary N) is 1. The van der Waals surface area contributed by atoms with Crippen LogP contribution in [-0.4, -0.2) is 40.6 Å². The molecule has 9 nitrogen and oxygen atoms in total. The van der Waals surface area contributed by atoms with Crippen molar-refractivity contribution in [1.82, 2.24) is 20.9 Å². The molecule has 2 fully saturated rings. The molecule has 9 heteroatoms. The molecule has 218 valence electrons. The molecule has 0 spiro atoms. The summed E-state index contributed by atoms with van der Waals surface area (Å²) >= 11 is 0. The van der Waals surface area contributed by atoms with Crippen LogP contribution in [0, 0.1) is 23.7 Å². The van der Waals surface area contributed by atoms with Gasteiger partial charge in [-0.3, -0.25) is 9.59 Å². The SMILES string of the molecule is CC[C@@H](C)C(NC(=O)OC(C)(C)C)C(=O)N[C@@H](CC1CCCC2CCCCC21)C(=O)NCc1ccc(N)nc1. The maximum Gasteiger partial charge on any atom is 0.408 e. The topological polar surface area (TPSA) is 135 Å². The number of carbonyl (C=O) groups excluding carboxylic acids is 3. The van der Waals surface area contributed by atoms with E-state index in [0.29, 0.717) is 37.0 Å². The first kappa shape index (κ1) is 30.7. The van der Waals surface area contributed by atoms with Crippen molar-refractivity contribution in [1.29, 1.82) is 0 Å². The maximum atomic E-state index is 13.6. The van der Waals surface area contributed by atoms with Crippen molar-refractivity contribution in [3.05, 3.63) is 23.9 Å². The molecule has 2 aliphatic rings. The van der Waals surface area contributed by atoms with Gasteiger partial charge in [0, 0.05) is 12.7 Å². The number of nitrogens with one attached hydrogen (secondary N) is 3. The lowest BCUT2D eigenvalue weighted by Gasteiger charge is -2.42. The molecule has 3 amide bonds. The van der Waals surface area contributed by atoms with Gasteiger partial charge in [-0.15, -0.1) is 0 Å². The monoisotopic (exact) mass is 543 g/mol. The number of aromatic nitrogens is 1. The van der Waals surface area contributed by atoms with E-state index >= 15 is 0 Å². The second kappa shape index (κ2) is 14.0. The minimum Gasteiger partial charge on any atom is -0.444 e. The van der Waals surface area contributed by atoms with E-state index in [0.717, 1.165) is 17.9 Å². The van der Waals surface area contributed by atoms with Crippen LogP contribution in [0.2, 0.25) is 0 Å². The summed E-state index contributed by atoms with van der Waals surface area (Å²) in [5, 5.41) is 8.78. The Balaban J connectivity index is 1.75. The van der Waals surface area contributed by atoms with Gasteiger partial charge < -0.3 is 26.4 Å². The number of rotatable bonds is 10. The molecule has 1 aromatic heterocycles. The van der Waals surface area contributed by atoms with E-state index in [2.05, 4.69) is 20.9 Å². The number of nitrogen functional groups attached to an aromatic ring is 1. The van der Waals surface area contributed by atoms with Crippen LogP contribution < -0.4 is 21.7 Å². The number of hydrogen-bond donors (Lipinski definition) is 4. The van der Waals surface area contributed by atoms with Gasteiger partial charge >= 0.3 is 6.09 Å². The van der Waals surface area contributed by atoms with Crippen LogP contribution in [0.1, 0.15) is 98.0 Å². The average Bonchev–Trinajstić information content (AvgIpc) is 2.89. The highest BCUT2D eigenvalue weighted by atomic mass is 16.6. The minimum atomic E-state index is -0.810. The first-order chi connectivity index (χ1) is 18.5. The first-order valence-electron chi connectivity index (χ1n) is 14.7. The molecule has 1 heterocycles. The number of nitrogens with zero attached hydrogens (tertiary/aromatic N) is 1. The maximum absolute atomic E-state index is 13.6. The Kier molecular flexibility index (Phi) is 11.0. The van der Waals surface area contributed by atoms with Gasteiger partial charge in [0.25, 0.3) is 0 Å². The summed E-state index contributed by atoms with van der Waals surface area (Å²) in [7, 11) is 0. The van der Waals surface area contributed by atoms with Crippen molar-refractivity contribution < 1.29 is 19.1 Å². The van der Waals surface area contributed by atoms with Gasteiger partial charge in [-0.2, -0.15) is 0 Å². The third-order valence-electron chi connectivity index (χ3n) is 8.38. The zero-order chi connectivity index (χ0) is 28.6. The zero-order valence-corrected chi connectivity index (χ0v) is 24.4. The molecule has 0 radical (unpaired) electrons. The number of ether oxygens (including phenoxy) is 1. The Bertz CT molecular complexity index is 959. The van der Waals surface area contributed by atoms with E-state index in [4.69, 9.17) is 10.5 Å². The molecule has 4 unspecified atom stereocenters. The molecule has 0 aromatic carbocycles. The average molecular weight is 544 g/mol. The smallest absolute Gasteiger partial charge is 0.408 e. The summed E-state index contributed by atoms with van der Waals surface area (Å²) in [5.41, 5.74) is 5.84. The Morgan fingerprint density at radius 1 is 1.05 bits per heavy atom. The number of amides is 3. The summed E-state index contributed by atoms with van der Waals surface area (Å²) in [5.74, 6) is 1.41. The second-order valence-electron chi connectivity index (χ2n) is 12.5. The molecule has 0 saturated heterocycles. The molecule has 2 aliphatic carbocycles. The molecule has 0 bridgehead atoms. The minimum absolute atomic E-state index is 0.139. The number of carbonyl (C=O) groups is 3. The lowest BCUT2D eigenvalue weighted by molar-refractivity contribution is -0.131. The van der Waals surface area contributed by atoms with Crippen LogP contribution in [0.5, 0.6) is 0 Å². The van der Waals surface area contributed by atoms with Crippen LogP contribution in [-0.2, 0) is 20.9 Å². The Morgan fingerprint density at radius 2 is 1.77 bits per heavy atom. The van der Waals surface area contributed by atoms with Crippen LogP contribution in [0.25, 0.3) is 0 Å². The fourth-order valence-electron chi connectivity index (χ4n) is 6.15. The summed E-state index contributed by atoms with van der Waals surface area (Å²) in [6.45, 7) is 9.52. The Hall–Kier alpha value is -2.84. The molecule has 6 atom stereocenters. The number of alkyl carbamates (subject to hydrolysis) is 1. The number of hydrogen-bond acceptors (Lipinski definition) is 6. The van der Waals surface area contributed by atoms with E-state index in [1.165, 1.54) is 38.5 Å². The summed E-state index contributed by atoms with van der Waals surface area (Å²) in [4.78, 5) is 43.8. The molecular formula is C30H49N5O4. The van der Waals surface area contributed by atoms with E-state index in [-0.39, 0.29) is 17.7 Å². The third kappa shape index (κ3) is 9.39. The summed E-state index contributed by atoms with van der Waals surface area (Å²) in [6.07, 6.45) is 10.8. The number of fused-ring (bicyclic) bond motifs is 1. The van der Waals surface area contributed by atoms with Crippen LogP contribution in [0.4, 0.5) is 10.6 Å². The van der Waals surface area contributed by atoms with Gasteiger partial charge in [-0.25, -0.2) is 9.78 Å². The fraction of sp³-hybridized carbons (Fsp3) is 0.733. The standard InChI is InChI=1S/C30H49N5O4/c1-6-19(2)26(35-29(38)39-30(3,4)5)28(37)34-24(27(36)33-18-20-14-15-25(31)32-17-20)16-22-12-9-11-21-10-7-8-13-23(21)22/h14-15,17,19,21-24,26H,6-13,16,18H2,1-5H3,(H2,31,32)(H,33,36)(H,34,37)(H,35,38)/t19-,21?,22?,23?,24+,26?/m1/s1. The highest BCUT2D eigenvalue weighted by Gasteiger charge is 2.38. The van der Waals surface area contributed by atoms with Crippen molar-refractivity contribution in [2.75, 3.05) is 5.73 Å². The van der Waals surface area contributed by atoms with Crippen molar-refractivity contribution in [2.45, 2.75) is 117 Å². The van der Waals surface area contributed by atoms with Crippen LogP contribution in [0.3, 0.4) is 0 Å². The van der Waals surface area contributed by atoms with E-state index in [1.54, 1.807) is 33.0 Å². The van der Waals surface area contributed by atoms with Gasteiger partial charge in [0.15, 0.2) is 0 Å². The first-order valence-corrected chi connectivity index (χ1v) is 14.7. The normalized spacial score (nSPS) is 23.5. The van der Waals surface area contributed by atoms with Crippen molar-refractivity contribution in [3.8, 4) is 0 Å². The van der Waals surface area contributed by atoms with Gasteiger partial charge in [0.2, 0.25) is 11.8 Å². The predicted molar refractivity (Wildman–Crippen MR) is 152 cm³/mol. The van der Waals surface area contributed by atoms with Crippen molar-refractivity contribution in [2.24, 2.45) is 23.7 Å². The van der Waals surface area contributed by atoms with Gasteiger partial charge in [-0.1, -0.05) is 64.9 Å². The second-order valence-corrected chi connectivity index (χ2v) is 12.5. The highest BCUT2D eigenvalue weighted by molar-refractivity contribution is 5.91. The van der Waals surface area contributed by atoms with Crippen LogP contribution in [0.15, 0.2) is 18.3 Å². The number of anilines is 1. The molecule has 1 aromatic rings. The van der Waals surface area contributed by atoms with Crippen molar-refractivity contribution >= 4 is 23.7 Å². The van der Waals surface area contributed by atoms with Crippen molar-refractivity contribution in [3.63, 3.8) is 0 Å². The van der Waals surface area contributed by atoms with Gasteiger partial charge in [0.05, 0.1) is 0 Å². The van der Waals surface area contributed by atoms with Crippen LogP contribution >= 0.6 is 0 Å². The summed E-state index contributed by atoms with van der Waals surface area (Å²) < 4.78 is 5.42. The highest BCUT2D eigenvalue weighted by Crippen LogP contribution is 2.45.